The second kappa shape index (κ2) is 11.1. The van der Waals surface area contributed by atoms with E-state index in [1.54, 1.807) is 6.20 Å². The number of pyridine rings is 1. The minimum Gasteiger partial charge on any atom is -0.337 e. The van der Waals surface area contributed by atoms with Gasteiger partial charge in [-0.3, -0.25) is 14.7 Å². The molecule has 3 heterocycles. The number of piperazine rings is 1. The summed E-state index contributed by atoms with van der Waals surface area (Å²) in [5, 5.41) is 3.39. The summed E-state index contributed by atoms with van der Waals surface area (Å²) in [7, 11) is 0. The Morgan fingerprint density at radius 1 is 0.914 bits per heavy atom. The van der Waals surface area contributed by atoms with E-state index in [2.05, 4.69) is 39.5 Å². The number of hydrogen-bond acceptors (Lipinski definition) is 4. The average molecular weight is 473 g/mol. The number of benzene rings is 2. The van der Waals surface area contributed by atoms with E-state index in [1.807, 2.05) is 29.2 Å². The molecule has 0 unspecified atom stereocenters. The third kappa shape index (κ3) is 5.95. The van der Waals surface area contributed by atoms with Gasteiger partial charge >= 0.3 is 0 Å². The lowest BCUT2D eigenvalue weighted by molar-refractivity contribution is 0.0685. The molecule has 5 rings (SSSR count). The molecule has 35 heavy (non-hydrogen) atoms. The molecule has 1 amide bonds. The van der Waals surface area contributed by atoms with E-state index in [0.29, 0.717) is 11.6 Å². The van der Waals surface area contributed by atoms with Crippen molar-refractivity contribution in [3.63, 3.8) is 0 Å². The lowest BCUT2D eigenvalue weighted by Gasteiger charge is -2.32. The van der Waals surface area contributed by atoms with Gasteiger partial charge in [-0.05, 0) is 60.1 Å². The highest BCUT2D eigenvalue weighted by Gasteiger charge is 2.26. The van der Waals surface area contributed by atoms with E-state index in [4.69, 9.17) is 0 Å². The van der Waals surface area contributed by atoms with Gasteiger partial charge in [-0.15, -0.1) is 0 Å². The van der Waals surface area contributed by atoms with Crippen LogP contribution in [0.15, 0.2) is 66.9 Å². The van der Waals surface area contributed by atoms with Gasteiger partial charge < -0.3 is 10.2 Å². The average Bonchev–Trinajstić information content (AvgIpc) is 2.91. The van der Waals surface area contributed by atoms with Crippen LogP contribution in [0.3, 0.4) is 0 Å². The largest absolute Gasteiger partial charge is 0.337 e. The lowest BCUT2D eigenvalue weighted by atomic mass is 9.90. The van der Waals surface area contributed by atoms with Gasteiger partial charge in [0.05, 0.1) is 0 Å². The molecule has 0 bridgehead atoms. The number of likely N-dealkylation sites (tertiary alicyclic amines) is 1. The number of nitrogens with one attached hydrogen (secondary N) is 1. The first-order valence-corrected chi connectivity index (χ1v) is 12.7. The SMILES string of the molecule is O=C(c1ncccc1-c1ccc(CN2CCNCC2)cc1)N1CCC(Cc2ccc(F)cc2)CC1. The molecule has 0 aliphatic carbocycles. The highest BCUT2D eigenvalue weighted by Crippen LogP contribution is 2.27. The molecular formula is C29H33FN4O. The summed E-state index contributed by atoms with van der Waals surface area (Å²) in [6.45, 7) is 6.64. The first-order valence-electron chi connectivity index (χ1n) is 12.7. The summed E-state index contributed by atoms with van der Waals surface area (Å²) in [5.74, 6) is 0.316. The predicted octanol–water partition coefficient (Wildman–Crippen LogP) is 4.39. The summed E-state index contributed by atoms with van der Waals surface area (Å²) in [5.41, 5.74) is 4.88. The number of amides is 1. The molecule has 2 aliphatic heterocycles. The van der Waals surface area contributed by atoms with Crippen molar-refractivity contribution in [1.29, 1.82) is 0 Å². The van der Waals surface area contributed by atoms with Crippen LogP contribution in [0.25, 0.3) is 11.1 Å². The lowest BCUT2D eigenvalue weighted by Crippen LogP contribution is -2.42. The van der Waals surface area contributed by atoms with Gasteiger partial charge in [-0.2, -0.15) is 0 Å². The topological polar surface area (TPSA) is 48.5 Å². The molecule has 1 aromatic heterocycles. The molecule has 1 N–H and O–H groups in total. The Labute approximate surface area is 207 Å². The van der Waals surface area contributed by atoms with Gasteiger partial charge in [0.25, 0.3) is 5.91 Å². The Morgan fingerprint density at radius 3 is 2.31 bits per heavy atom. The fourth-order valence-corrected chi connectivity index (χ4v) is 5.17. The van der Waals surface area contributed by atoms with E-state index in [9.17, 15) is 9.18 Å². The van der Waals surface area contributed by atoms with Crippen LogP contribution in [0.2, 0.25) is 0 Å². The van der Waals surface area contributed by atoms with Gasteiger partial charge in [0.1, 0.15) is 11.5 Å². The summed E-state index contributed by atoms with van der Waals surface area (Å²) >= 11 is 0. The number of nitrogens with zero attached hydrogens (tertiary/aromatic N) is 3. The number of rotatable bonds is 6. The Morgan fingerprint density at radius 2 is 1.60 bits per heavy atom. The highest BCUT2D eigenvalue weighted by molar-refractivity contribution is 5.99. The van der Waals surface area contributed by atoms with Crippen molar-refractivity contribution in [1.82, 2.24) is 20.1 Å². The molecule has 2 aliphatic rings. The Kier molecular flexibility index (Phi) is 7.50. The van der Waals surface area contributed by atoms with Gasteiger partial charge in [0.2, 0.25) is 0 Å². The van der Waals surface area contributed by atoms with Gasteiger partial charge in [-0.1, -0.05) is 42.5 Å². The van der Waals surface area contributed by atoms with Crippen LogP contribution in [0.1, 0.15) is 34.5 Å². The molecule has 0 atom stereocenters. The molecule has 2 aromatic carbocycles. The van der Waals surface area contributed by atoms with Crippen LogP contribution in [-0.2, 0) is 13.0 Å². The molecule has 0 radical (unpaired) electrons. The van der Waals surface area contributed by atoms with E-state index in [-0.39, 0.29) is 11.7 Å². The first-order chi connectivity index (χ1) is 17.2. The number of aromatic nitrogens is 1. The fraction of sp³-hybridized carbons (Fsp3) is 0.379. The Hall–Kier alpha value is -3.09. The van der Waals surface area contributed by atoms with Crippen LogP contribution in [0, 0.1) is 11.7 Å². The molecule has 0 saturated carbocycles. The first kappa shape index (κ1) is 23.6. The van der Waals surface area contributed by atoms with Crippen molar-refractivity contribution < 1.29 is 9.18 Å². The Balaban J connectivity index is 1.22. The second-order valence-corrected chi connectivity index (χ2v) is 9.69. The molecule has 3 aromatic rings. The number of carbonyl (C=O) groups is 1. The smallest absolute Gasteiger partial charge is 0.273 e. The zero-order valence-corrected chi connectivity index (χ0v) is 20.1. The summed E-state index contributed by atoms with van der Waals surface area (Å²) in [6, 6.07) is 19.2. The summed E-state index contributed by atoms with van der Waals surface area (Å²) in [4.78, 5) is 22.3. The summed E-state index contributed by atoms with van der Waals surface area (Å²) < 4.78 is 13.2. The zero-order valence-electron chi connectivity index (χ0n) is 20.1. The predicted molar refractivity (Wildman–Crippen MR) is 137 cm³/mol. The van der Waals surface area contributed by atoms with Crippen LogP contribution >= 0.6 is 0 Å². The number of halogens is 1. The molecule has 6 heteroatoms. The molecular weight excluding hydrogens is 439 g/mol. The molecule has 2 saturated heterocycles. The van der Waals surface area contributed by atoms with Crippen molar-refractivity contribution in [2.45, 2.75) is 25.8 Å². The number of piperidine rings is 1. The minimum absolute atomic E-state index is 0.00530. The maximum atomic E-state index is 13.4. The van der Waals surface area contributed by atoms with E-state index in [1.165, 1.54) is 17.7 Å². The van der Waals surface area contributed by atoms with E-state index in [0.717, 1.165) is 81.8 Å². The van der Waals surface area contributed by atoms with Crippen LogP contribution in [0.4, 0.5) is 4.39 Å². The van der Waals surface area contributed by atoms with Crippen molar-refractivity contribution in [2.24, 2.45) is 5.92 Å². The minimum atomic E-state index is -0.200. The maximum absolute atomic E-state index is 13.4. The van der Waals surface area contributed by atoms with Crippen LogP contribution in [0.5, 0.6) is 0 Å². The van der Waals surface area contributed by atoms with Gasteiger partial charge in [-0.25, -0.2) is 4.39 Å². The van der Waals surface area contributed by atoms with Crippen LogP contribution in [-0.4, -0.2) is 60.0 Å². The van der Waals surface area contributed by atoms with E-state index >= 15 is 0 Å². The maximum Gasteiger partial charge on any atom is 0.273 e. The number of carbonyl (C=O) groups excluding carboxylic acids is 1. The quantitative estimate of drug-likeness (QED) is 0.578. The molecule has 5 nitrogen and oxygen atoms in total. The van der Waals surface area contributed by atoms with Crippen molar-refractivity contribution >= 4 is 5.91 Å². The highest BCUT2D eigenvalue weighted by atomic mass is 19.1. The third-order valence-corrected chi connectivity index (χ3v) is 7.23. The Bertz CT molecular complexity index is 1120. The van der Waals surface area contributed by atoms with Crippen molar-refractivity contribution in [3.8, 4) is 11.1 Å². The van der Waals surface area contributed by atoms with E-state index < -0.39 is 0 Å². The third-order valence-electron chi connectivity index (χ3n) is 7.23. The van der Waals surface area contributed by atoms with Crippen molar-refractivity contribution in [3.05, 3.63) is 89.5 Å². The van der Waals surface area contributed by atoms with Gasteiger partial charge in [0, 0.05) is 57.6 Å². The molecule has 2 fully saturated rings. The zero-order chi connectivity index (χ0) is 24.0. The summed E-state index contributed by atoms with van der Waals surface area (Å²) in [6.07, 6.45) is 4.53. The molecule has 0 spiro atoms. The normalized spacial score (nSPS) is 17.5. The molecule has 182 valence electrons. The second-order valence-electron chi connectivity index (χ2n) is 9.69. The van der Waals surface area contributed by atoms with Gasteiger partial charge in [0.15, 0.2) is 0 Å². The van der Waals surface area contributed by atoms with Crippen molar-refractivity contribution in [2.75, 3.05) is 39.3 Å². The monoisotopic (exact) mass is 472 g/mol. The van der Waals surface area contributed by atoms with Crippen LogP contribution < -0.4 is 5.32 Å². The fourth-order valence-electron chi connectivity index (χ4n) is 5.17. The standard InChI is InChI=1S/C29H33FN4O/c30-26-9-5-22(6-10-26)20-23-11-16-34(17-12-23)29(35)28-27(2-1-13-32-28)25-7-3-24(4-8-25)21-33-18-14-31-15-19-33/h1-10,13,23,31H,11-12,14-21H2. The number of hydrogen-bond donors (Lipinski definition) is 1.